The van der Waals surface area contributed by atoms with E-state index in [2.05, 4.69) is 15.9 Å². The second-order valence-electron chi connectivity index (χ2n) is 9.53. The second kappa shape index (κ2) is 8.61. The van der Waals surface area contributed by atoms with Crippen LogP contribution < -0.4 is 9.47 Å². The quantitative estimate of drug-likeness (QED) is 0.538. The second-order valence-corrected chi connectivity index (χ2v) is 9.53. The van der Waals surface area contributed by atoms with Gasteiger partial charge in [0, 0.05) is 24.4 Å². The molecule has 182 valence electrons. The van der Waals surface area contributed by atoms with Gasteiger partial charge in [-0.25, -0.2) is 0 Å². The average Bonchev–Trinajstić information content (AvgIpc) is 3.26. The summed E-state index contributed by atoms with van der Waals surface area (Å²) < 4.78 is 12.3. The van der Waals surface area contributed by atoms with Gasteiger partial charge in [-0.15, -0.1) is 0 Å². The SMILES string of the molecule is [C-]#[N+]c1cc2c(c(OC)n1)[C@]1(O)[C@H](O)[C@H](CN(C)C)[C@@H](c3ccccc3)[C@]1(c1ccc(C#N)cc1)O2. The van der Waals surface area contributed by atoms with Crippen molar-refractivity contribution in [3.8, 4) is 17.7 Å². The van der Waals surface area contributed by atoms with Crippen molar-refractivity contribution >= 4 is 5.82 Å². The molecule has 8 heteroatoms. The predicted octanol–water partition coefficient (Wildman–Crippen LogP) is 3.32. The van der Waals surface area contributed by atoms with Gasteiger partial charge >= 0.3 is 5.88 Å². The Morgan fingerprint density at radius 1 is 1.19 bits per heavy atom. The highest BCUT2D eigenvalue weighted by atomic mass is 16.5. The van der Waals surface area contributed by atoms with Gasteiger partial charge in [-0.3, -0.25) is 0 Å². The minimum Gasteiger partial charge on any atom is -0.479 e. The van der Waals surface area contributed by atoms with E-state index in [1.165, 1.54) is 13.2 Å². The highest BCUT2D eigenvalue weighted by Gasteiger charge is 2.77. The molecule has 8 nitrogen and oxygen atoms in total. The Bertz CT molecular complexity index is 1380. The molecule has 0 amide bonds. The first kappa shape index (κ1) is 23.8. The van der Waals surface area contributed by atoms with Gasteiger partial charge in [0.1, 0.15) is 11.3 Å². The first-order valence-corrected chi connectivity index (χ1v) is 11.6. The summed E-state index contributed by atoms with van der Waals surface area (Å²) in [7, 11) is 5.25. The minimum atomic E-state index is -1.96. The summed E-state index contributed by atoms with van der Waals surface area (Å²) in [5.74, 6) is -0.611. The fourth-order valence-electron chi connectivity index (χ4n) is 6.04. The Hall–Kier alpha value is -3.95. The number of ether oxygens (including phenoxy) is 2. The van der Waals surface area contributed by atoms with Crippen LogP contribution in [-0.2, 0) is 11.2 Å². The standard InChI is InChI=1S/C28H26N4O4/c1-30-22-14-21-24(26(31-22)35-4)27(34)25(33)20(16-32(2)3)23(18-8-6-5-7-9-18)28(27,36-21)19-12-10-17(15-29)11-13-19/h5-14,20,23,25,33-34H,16H2,2-4H3/t20-,23-,25-,27+,28+/m1/s1. The van der Waals surface area contributed by atoms with Crippen molar-refractivity contribution in [3.05, 3.63) is 94.3 Å². The van der Waals surface area contributed by atoms with Gasteiger partial charge in [0.25, 0.3) is 5.82 Å². The van der Waals surface area contributed by atoms with Gasteiger partial charge in [0.2, 0.25) is 0 Å². The smallest absolute Gasteiger partial charge is 0.319 e. The van der Waals surface area contributed by atoms with Crippen LogP contribution in [0.15, 0.2) is 60.7 Å². The first-order valence-electron chi connectivity index (χ1n) is 11.6. The van der Waals surface area contributed by atoms with Crippen molar-refractivity contribution < 1.29 is 19.7 Å². The van der Waals surface area contributed by atoms with Crippen molar-refractivity contribution in [2.75, 3.05) is 27.7 Å². The molecule has 1 fully saturated rings. The molecule has 5 atom stereocenters. The number of aromatic nitrogens is 1. The fraction of sp³-hybridized carbons (Fsp3) is 0.321. The molecule has 0 saturated heterocycles. The molecular formula is C28H26N4O4. The zero-order valence-corrected chi connectivity index (χ0v) is 20.2. The molecule has 2 aliphatic rings. The minimum absolute atomic E-state index is 0.0351. The number of hydrogen-bond acceptors (Lipinski definition) is 7. The summed E-state index contributed by atoms with van der Waals surface area (Å²) in [6.07, 6.45) is -1.27. The van der Waals surface area contributed by atoms with Crippen LogP contribution in [0, 0.1) is 23.8 Å². The number of aliphatic hydroxyl groups excluding tert-OH is 1. The van der Waals surface area contributed by atoms with E-state index in [1.807, 2.05) is 49.3 Å². The van der Waals surface area contributed by atoms with Crippen molar-refractivity contribution in [2.24, 2.45) is 5.92 Å². The number of nitriles is 1. The summed E-state index contributed by atoms with van der Waals surface area (Å²) in [5, 5.41) is 34.1. The molecule has 2 heterocycles. The van der Waals surface area contributed by atoms with Crippen LogP contribution in [0.4, 0.5) is 5.82 Å². The van der Waals surface area contributed by atoms with Crippen LogP contribution in [-0.4, -0.2) is 54.0 Å². The highest BCUT2D eigenvalue weighted by molar-refractivity contribution is 5.62. The van der Waals surface area contributed by atoms with Crippen molar-refractivity contribution in [1.29, 1.82) is 5.26 Å². The normalized spacial score (nSPS) is 28.1. The van der Waals surface area contributed by atoms with Gasteiger partial charge in [-0.2, -0.15) is 5.26 Å². The number of hydrogen-bond donors (Lipinski definition) is 2. The van der Waals surface area contributed by atoms with Crippen LogP contribution in [0.25, 0.3) is 4.85 Å². The van der Waals surface area contributed by atoms with Crippen LogP contribution in [0.1, 0.15) is 28.2 Å². The third-order valence-electron chi connectivity index (χ3n) is 7.34. The molecule has 1 aliphatic heterocycles. The van der Waals surface area contributed by atoms with Crippen molar-refractivity contribution in [1.82, 2.24) is 9.88 Å². The van der Waals surface area contributed by atoms with Crippen LogP contribution in [0.2, 0.25) is 0 Å². The largest absolute Gasteiger partial charge is 0.479 e. The number of methoxy groups -OCH3 is 1. The number of nitrogens with zero attached hydrogens (tertiary/aromatic N) is 4. The predicted molar refractivity (Wildman–Crippen MR) is 132 cm³/mol. The number of aliphatic hydroxyl groups is 2. The summed E-state index contributed by atoms with van der Waals surface area (Å²) >= 11 is 0. The third kappa shape index (κ3) is 3.13. The topological polar surface area (TPSA) is 103 Å². The summed E-state index contributed by atoms with van der Waals surface area (Å²) in [4.78, 5) is 9.68. The monoisotopic (exact) mass is 482 g/mol. The highest BCUT2D eigenvalue weighted by Crippen LogP contribution is 2.69. The number of benzene rings is 2. The Kier molecular flexibility index (Phi) is 5.69. The molecule has 5 rings (SSSR count). The molecule has 1 aliphatic carbocycles. The van der Waals surface area contributed by atoms with E-state index >= 15 is 0 Å². The summed E-state index contributed by atoms with van der Waals surface area (Å²) in [5.41, 5.74) is -1.29. The molecule has 1 saturated carbocycles. The van der Waals surface area contributed by atoms with Crippen molar-refractivity contribution in [3.63, 3.8) is 0 Å². The fourth-order valence-corrected chi connectivity index (χ4v) is 6.04. The van der Waals surface area contributed by atoms with Crippen LogP contribution in [0.3, 0.4) is 0 Å². The van der Waals surface area contributed by atoms with E-state index < -0.39 is 29.1 Å². The van der Waals surface area contributed by atoms with E-state index in [4.69, 9.17) is 16.0 Å². The lowest BCUT2D eigenvalue weighted by Crippen LogP contribution is -2.52. The maximum absolute atomic E-state index is 12.7. The van der Waals surface area contributed by atoms with Gasteiger partial charge in [0.15, 0.2) is 11.2 Å². The van der Waals surface area contributed by atoms with Crippen molar-refractivity contribution in [2.45, 2.75) is 23.2 Å². The lowest BCUT2D eigenvalue weighted by Gasteiger charge is -2.40. The Balaban J connectivity index is 1.87. The molecule has 0 unspecified atom stereocenters. The van der Waals surface area contributed by atoms with Gasteiger partial charge in [-0.05, 0) is 37.4 Å². The Morgan fingerprint density at radius 2 is 1.89 bits per heavy atom. The van der Waals surface area contributed by atoms with E-state index in [9.17, 15) is 15.5 Å². The zero-order chi connectivity index (χ0) is 25.7. The molecule has 0 radical (unpaired) electrons. The number of rotatable bonds is 5. The average molecular weight is 483 g/mol. The molecule has 0 bridgehead atoms. The van der Waals surface area contributed by atoms with E-state index in [-0.39, 0.29) is 23.0 Å². The van der Waals surface area contributed by atoms with E-state index in [1.54, 1.807) is 24.3 Å². The van der Waals surface area contributed by atoms with Gasteiger partial charge in [-0.1, -0.05) is 54.0 Å². The molecule has 2 aromatic carbocycles. The Morgan fingerprint density at radius 3 is 2.47 bits per heavy atom. The van der Waals surface area contributed by atoms with Crippen LogP contribution in [0.5, 0.6) is 11.6 Å². The molecular weight excluding hydrogens is 456 g/mol. The maximum Gasteiger partial charge on any atom is 0.319 e. The Labute approximate surface area is 209 Å². The van der Waals surface area contributed by atoms with Crippen LogP contribution >= 0.6 is 0 Å². The molecule has 3 aromatic rings. The number of fused-ring (bicyclic) bond motifs is 3. The van der Waals surface area contributed by atoms with E-state index in [0.29, 0.717) is 17.7 Å². The molecule has 0 spiro atoms. The lowest BCUT2D eigenvalue weighted by atomic mass is 9.70. The summed E-state index contributed by atoms with van der Waals surface area (Å²) in [6, 6.07) is 20.1. The van der Waals surface area contributed by atoms with Gasteiger partial charge < -0.3 is 29.4 Å². The van der Waals surface area contributed by atoms with Gasteiger partial charge in [0.05, 0.1) is 24.8 Å². The molecule has 1 aromatic heterocycles. The molecule has 2 N–H and O–H groups in total. The van der Waals surface area contributed by atoms with E-state index in [0.717, 1.165) is 5.56 Å². The first-order chi connectivity index (χ1) is 17.3. The number of pyridine rings is 1. The summed E-state index contributed by atoms with van der Waals surface area (Å²) in [6.45, 7) is 7.94. The lowest BCUT2D eigenvalue weighted by molar-refractivity contribution is -0.152. The third-order valence-corrected chi connectivity index (χ3v) is 7.34. The molecule has 36 heavy (non-hydrogen) atoms. The zero-order valence-electron chi connectivity index (χ0n) is 20.2. The maximum atomic E-state index is 12.7.